The topological polar surface area (TPSA) is 96.5 Å². The molecular weight excluding hydrogens is 230 g/mol. The molecule has 3 N–H and O–H groups in total. The van der Waals surface area contributed by atoms with E-state index in [9.17, 15) is 9.59 Å². The van der Waals surface area contributed by atoms with E-state index in [1.807, 2.05) is 0 Å². The van der Waals surface area contributed by atoms with Gasteiger partial charge in [0.1, 0.15) is 4.88 Å². The van der Waals surface area contributed by atoms with Crippen LogP contribution < -0.4 is 5.73 Å². The van der Waals surface area contributed by atoms with E-state index in [0.717, 1.165) is 11.3 Å². The van der Waals surface area contributed by atoms with Crippen molar-refractivity contribution < 1.29 is 14.7 Å². The maximum absolute atomic E-state index is 11.8. The molecule has 0 radical (unpaired) electrons. The fourth-order valence-electron chi connectivity index (χ4n) is 1.15. The van der Waals surface area contributed by atoms with Crippen molar-refractivity contribution in [1.82, 2.24) is 9.88 Å². The number of carbonyl (C=O) groups is 2. The van der Waals surface area contributed by atoms with Crippen molar-refractivity contribution in [3.05, 3.63) is 10.6 Å². The lowest BCUT2D eigenvalue weighted by Gasteiger charge is -2.14. The quantitative estimate of drug-likeness (QED) is 0.806. The summed E-state index contributed by atoms with van der Waals surface area (Å²) in [5, 5.41) is 8.85. The van der Waals surface area contributed by atoms with Gasteiger partial charge in [0, 0.05) is 13.6 Å². The highest BCUT2D eigenvalue weighted by Gasteiger charge is 2.18. The van der Waals surface area contributed by atoms with Gasteiger partial charge in [0.25, 0.3) is 5.91 Å². The van der Waals surface area contributed by atoms with E-state index in [4.69, 9.17) is 10.8 Å². The van der Waals surface area contributed by atoms with Gasteiger partial charge in [0.2, 0.25) is 0 Å². The average Bonchev–Trinajstić information content (AvgIpc) is 2.53. The second-order valence-corrected chi connectivity index (χ2v) is 4.37. The Labute approximate surface area is 96.7 Å². The van der Waals surface area contributed by atoms with Gasteiger partial charge in [-0.3, -0.25) is 9.59 Å². The van der Waals surface area contributed by atoms with Crippen LogP contribution in [0.2, 0.25) is 0 Å². The average molecular weight is 243 g/mol. The molecule has 1 amide bonds. The zero-order valence-corrected chi connectivity index (χ0v) is 9.87. The Balaban J connectivity index is 2.70. The van der Waals surface area contributed by atoms with Crippen LogP contribution in [0, 0.1) is 6.92 Å². The Hall–Kier alpha value is -1.63. The van der Waals surface area contributed by atoms with Crippen molar-refractivity contribution >= 4 is 28.3 Å². The summed E-state index contributed by atoms with van der Waals surface area (Å²) in [5.41, 5.74) is 6.06. The number of nitrogen functional groups attached to an aromatic ring is 1. The Kier molecular flexibility index (Phi) is 3.83. The molecule has 0 aliphatic rings. The van der Waals surface area contributed by atoms with Gasteiger partial charge in [-0.25, -0.2) is 4.98 Å². The minimum absolute atomic E-state index is 0.0738. The van der Waals surface area contributed by atoms with Crippen LogP contribution in [0.5, 0.6) is 0 Å². The molecule has 16 heavy (non-hydrogen) atoms. The molecule has 0 saturated carbocycles. The van der Waals surface area contributed by atoms with Crippen molar-refractivity contribution in [2.45, 2.75) is 13.3 Å². The smallest absolute Gasteiger partial charge is 0.305 e. The fraction of sp³-hybridized carbons (Fsp3) is 0.444. The Morgan fingerprint density at radius 3 is 2.62 bits per heavy atom. The number of amides is 1. The van der Waals surface area contributed by atoms with E-state index in [2.05, 4.69) is 4.98 Å². The van der Waals surface area contributed by atoms with Crippen LogP contribution >= 0.6 is 11.3 Å². The van der Waals surface area contributed by atoms with Crippen LogP contribution in [-0.2, 0) is 4.79 Å². The minimum Gasteiger partial charge on any atom is -0.481 e. The van der Waals surface area contributed by atoms with Crippen LogP contribution in [0.4, 0.5) is 5.13 Å². The van der Waals surface area contributed by atoms with Crippen LogP contribution in [-0.4, -0.2) is 40.5 Å². The molecule has 0 saturated heterocycles. The lowest BCUT2D eigenvalue weighted by Crippen LogP contribution is -2.28. The van der Waals surface area contributed by atoms with Crippen LogP contribution in [0.3, 0.4) is 0 Å². The summed E-state index contributed by atoms with van der Waals surface area (Å²) in [4.78, 5) is 28.0. The third-order valence-corrected chi connectivity index (χ3v) is 2.99. The number of nitrogens with zero attached hydrogens (tertiary/aromatic N) is 2. The standard InChI is InChI=1S/C9H13N3O3S/c1-5-7(16-9(10)11-5)8(15)12(2)4-3-6(13)14/h3-4H2,1-2H3,(H2,10,11)(H,13,14). The first-order chi connectivity index (χ1) is 7.41. The van der Waals surface area contributed by atoms with Gasteiger partial charge in [0.15, 0.2) is 5.13 Å². The lowest BCUT2D eigenvalue weighted by atomic mass is 10.3. The molecule has 0 unspecified atom stereocenters. The molecular formula is C9H13N3O3S. The maximum Gasteiger partial charge on any atom is 0.305 e. The molecule has 1 aromatic rings. The van der Waals surface area contributed by atoms with E-state index in [-0.39, 0.29) is 18.9 Å². The van der Waals surface area contributed by atoms with Crippen molar-refractivity contribution in [2.75, 3.05) is 19.3 Å². The number of carboxylic acid groups (broad SMARTS) is 1. The van der Waals surface area contributed by atoms with Gasteiger partial charge >= 0.3 is 5.97 Å². The Morgan fingerprint density at radius 1 is 1.56 bits per heavy atom. The number of aromatic nitrogens is 1. The van der Waals surface area contributed by atoms with Gasteiger partial charge in [0.05, 0.1) is 12.1 Å². The van der Waals surface area contributed by atoms with Crippen LogP contribution in [0.25, 0.3) is 0 Å². The zero-order valence-electron chi connectivity index (χ0n) is 9.06. The predicted octanol–water partition coefficient (Wildman–Crippen LogP) is 0.580. The molecule has 7 heteroatoms. The monoisotopic (exact) mass is 243 g/mol. The number of rotatable bonds is 4. The van der Waals surface area contributed by atoms with Gasteiger partial charge in [-0.05, 0) is 6.92 Å². The highest BCUT2D eigenvalue weighted by molar-refractivity contribution is 7.17. The molecule has 0 atom stereocenters. The number of hydrogen-bond acceptors (Lipinski definition) is 5. The first kappa shape index (κ1) is 12.4. The number of carbonyl (C=O) groups excluding carboxylic acids is 1. The first-order valence-corrected chi connectivity index (χ1v) is 5.43. The normalized spacial score (nSPS) is 10.1. The molecule has 1 heterocycles. The Morgan fingerprint density at radius 2 is 2.19 bits per heavy atom. The molecule has 0 aromatic carbocycles. The number of thiazole rings is 1. The van der Waals surface area contributed by atoms with E-state index >= 15 is 0 Å². The van der Waals surface area contributed by atoms with Gasteiger partial charge in [-0.15, -0.1) is 0 Å². The van der Waals surface area contributed by atoms with Crippen LogP contribution in [0.1, 0.15) is 21.8 Å². The zero-order chi connectivity index (χ0) is 12.3. The number of hydrogen-bond donors (Lipinski definition) is 2. The Bertz CT molecular complexity index is 416. The summed E-state index contributed by atoms with van der Waals surface area (Å²) in [7, 11) is 1.56. The molecule has 0 fully saturated rings. The summed E-state index contributed by atoms with van der Waals surface area (Å²) in [5.74, 6) is -1.17. The summed E-state index contributed by atoms with van der Waals surface area (Å²) in [6, 6.07) is 0. The molecule has 1 aromatic heterocycles. The summed E-state index contributed by atoms with van der Waals surface area (Å²) in [6.07, 6.45) is -0.0738. The lowest BCUT2D eigenvalue weighted by molar-refractivity contribution is -0.137. The fourth-order valence-corrected chi connectivity index (χ4v) is 1.98. The molecule has 1 rings (SSSR count). The number of anilines is 1. The third-order valence-electron chi connectivity index (χ3n) is 2.02. The van der Waals surface area contributed by atoms with E-state index in [1.165, 1.54) is 4.90 Å². The van der Waals surface area contributed by atoms with Gasteiger partial charge < -0.3 is 15.7 Å². The molecule has 0 aliphatic carbocycles. The van der Waals surface area contributed by atoms with Gasteiger partial charge in [-0.1, -0.05) is 11.3 Å². The van der Waals surface area contributed by atoms with Gasteiger partial charge in [-0.2, -0.15) is 0 Å². The van der Waals surface area contributed by atoms with Crippen LogP contribution in [0.15, 0.2) is 0 Å². The van der Waals surface area contributed by atoms with E-state index in [0.29, 0.717) is 15.7 Å². The molecule has 88 valence electrons. The summed E-state index contributed by atoms with van der Waals surface area (Å²) >= 11 is 1.11. The maximum atomic E-state index is 11.8. The molecule has 6 nitrogen and oxygen atoms in total. The SMILES string of the molecule is Cc1nc(N)sc1C(=O)N(C)CCC(=O)O. The highest BCUT2D eigenvalue weighted by atomic mass is 32.1. The van der Waals surface area contributed by atoms with Crippen molar-refractivity contribution in [3.63, 3.8) is 0 Å². The molecule has 0 bridgehead atoms. The van der Waals surface area contributed by atoms with Crippen molar-refractivity contribution in [1.29, 1.82) is 0 Å². The first-order valence-electron chi connectivity index (χ1n) is 4.62. The summed E-state index contributed by atoms with van der Waals surface area (Å²) in [6.45, 7) is 1.87. The van der Waals surface area contributed by atoms with E-state index < -0.39 is 5.97 Å². The molecule has 0 spiro atoms. The summed E-state index contributed by atoms with van der Waals surface area (Å²) < 4.78 is 0. The third kappa shape index (κ3) is 2.93. The minimum atomic E-state index is -0.930. The number of carboxylic acids is 1. The second-order valence-electron chi connectivity index (χ2n) is 3.34. The van der Waals surface area contributed by atoms with E-state index in [1.54, 1.807) is 14.0 Å². The number of aryl methyl sites for hydroxylation is 1. The number of nitrogens with two attached hydrogens (primary N) is 1. The number of aliphatic carboxylic acids is 1. The highest BCUT2D eigenvalue weighted by Crippen LogP contribution is 2.20. The van der Waals surface area contributed by atoms with Crippen molar-refractivity contribution in [2.24, 2.45) is 0 Å². The second kappa shape index (κ2) is 4.93. The molecule has 0 aliphatic heterocycles. The predicted molar refractivity (Wildman–Crippen MR) is 60.5 cm³/mol. The van der Waals surface area contributed by atoms with Crippen molar-refractivity contribution in [3.8, 4) is 0 Å². The largest absolute Gasteiger partial charge is 0.481 e.